The molecule has 2 amide bonds. The number of likely N-dealkylation sites (tertiary alicyclic amines) is 1. The Hall–Kier alpha value is -2.73. The highest BCUT2D eigenvalue weighted by Crippen LogP contribution is 2.30. The van der Waals surface area contributed by atoms with Crippen molar-refractivity contribution in [3.05, 3.63) is 58.6 Å². The summed E-state index contributed by atoms with van der Waals surface area (Å²) < 4.78 is 5.01. The lowest BCUT2D eigenvalue weighted by Gasteiger charge is -2.35. The normalized spacial score (nSPS) is 15.6. The van der Waals surface area contributed by atoms with Gasteiger partial charge >= 0.3 is 0 Å². The van der Waals surface area contributed by atoms with Crippen LogP contribution in [0, 0.1) is 5.92 Å². The summed E-state index contributed by atoms with van der Waals surface area (Å²) in [5, 5.41) is 13.5. The van der Waals surface area contributed by atoms with Gasteiger partial charge in [-0.3, -0.25) is 9.59 Å². The third kappa shape index (κ3) is 5.50. The third-order valence-electron chi connectivity index (χ3n) is 5.81. The lowest BCUT2D eigenvalue weighted by molar-refractivity contribution is -0.135. The van der Waals surface area contributed by atoms with Crippen LogP contribution >= 0.6 is 11.6 Å². The molecule has 1 saturated heterocycles. The van der Waals surface area contributed by atoms with Gasteiger partial charge in [-0.25, -0.2) is 0 Å². The molecule has 1 aliphatic rings. The molecule has 0 aliphatic carbocycles. The number of carbonyl (C=O) groups is 2. The van der Waals surface area contributed by atoms with E-state index in [-0.39, 0.29) is 28.9 Å². The molecule has 2 N–H and O–H groups in total. The van der Waals surface area contributed by atoms with Crippen molar-refractivity contribution < 1.29 is 19.4 Å². The lowest BCUT2D eigenvalue weighted by atomic mass is 9.89. The Bertz CT molecular complexity index is 922. The first kappa shape index (κ1) is 22.9. The van der Waals surface area contributed by atoms with Gasteiger partial charge in [-0.1, -0.05) is 37.6 Å². The molecule has 1 heterocycles. The van der Waals surface area contributed by atoms with Gasteiger partial charge < -0.3 is 20.1 Å². The second-order valence-electron chi connectivity index (χ2n) is 8.23. The SMILES string of the molecule is COc1ccc(C(=O)N[C@@H](C(=O)N2CCC(c3ccc(Cl)cc3)CC2)C(C)C)cc1O. The number of hydrogen-bond donors (Lipinski definition) is 2. The zero-order valence-electron chi connectivity index (χ0n) is 18.1. The largest absolute Gasteiger partial charge is 0.504 e. The topological polar surface area (TPSA) is 78.9 Å². The Balaban J connectivity index is 1.63. The molecule has 0 saturated carbocycles. The maximum atomic E-state index is 13.2. The maximum absolute atomic E-state index is 13.2. The Morgan fingerprint density at radius 2 is 1.77 bits per heavy atom. The molecule has 7 heteroatoms. The number of hydrogen-bond acceptors (Lipinski definition) is 4. The van der Waals surface area contributed by atoms with Crippen molar-refractivity contribution in [1.82, 2.24) is 10.2 Å². The van der Waals surface area contributed by atoms with Crippen LogP contribution in [-0.4, -0.2) is 48.1 Å². The van der Waals surface area contributed by atoms with Gasteiger partial charge in [0.15, 0.2) is 11.5 Å². The van der Waals surface area contributed by atoms with E-state index in [0.29, 0.717) is 19.0 Å². The number of piperidine rings is 1. The van der Waals surface area contributed by atoms with Gasteiger partial charge in [-0.2, -0.15) is 0 Å². The summed E-state index contributed by atoms with van der Waals surface area (Å²) in [7, 11) is 1.44. The zero-order valence-corrected chi connectivity index (χ0v) is 18.9. The van der Waals surface area contributed by atoms with Crippen molar-refractivity contribution in [3.8, 4) is 11.5 Å². The van der Waals surface area contributed by atoms with E-state index < -0.39 is 11.9 Å². The van der Waals surface area contributed by atoms with Crippen molar-refractivity contribution >= 4 is 23.4 Å². The molecule has 1 aliphatic heterocycles. The van der Waals surface area contributed by atoms with Crippen LogP contribution < -0.4 is 10.1 Å². The molecule has 0 bridgehead atoms. The molecule has 6 nitrogen and oxygen atoms in total. The van der Waals surface area contributed by atoms with Crippen molar-refractivity contribution in [2.45, 2.75) is 38.6 Å². The van der Waals surface area contributed by atoms with E-state index in [4.69, 9.17) is 16.3 Å². The highest BCUT2D eigenvalue weighted by Gasteiger charge is 2.32. The van der Waals surface area contributed by atoms with E-state index >= 15 is 0 Å². The number of nitrogens with one attached hydrogen (secondary N) is 1. The fraction of sp³-hybridized carbons (Fsp3) is 0.417. The predicted molar refractivity (Wildman–Crippen MR) is 121 cm³/mol. The van der Waals surface area contributed by atoms with E-state index in [1.54, 1.807) is 6.07 Å². The van der Waals surface area contributed by atoms with Crippen LogP contribution in [0.3, 0.4) is 0 Å². The second-order valence-corrected chi connectivity index (χ2v) is 8.67. The van der Waals surface area contributed by atoms with Gasteiger partial charge in [0.25, 0.3) is 5.91 Å². The fourth-order valence-electron chi connectivity index (χ4n) is 3.93. The van der Waals surface area contributed by atoms with E-state index in [1.165, 1.54) is 24.8 Å². The summed E-state index contributed by atoms with van der Waals surface area (Å²) in [6, 6.07) is 11.7. The van der Waals surface area contributed by atoms with E-state index in [2.05, 4.69) is 5.32 Å². The van der Waals surface area contributed by atoms with Crippen LogP contribution in [0.2, 0.25) is 5.02 Å². The minimum Gasteiger partial charge on any atom is -0.504 e. The van der Waals surface area contributed by atoms with E-state index in [9.17, 15) is 14.7 Å². The number of nitrogens with zero attached hydrogens (tertiary/aromatic N) is 1. The van der Waals surface area contributed by atoms with Gasteiger partial charge in [0.2, 0.25) is 5.91 Å². The quantitative estimate of drug-likeness (QED) is 0.699. The van der Waals surface area contributed by atoms with Crippen molar-refractivity contribution in [3.63, 3.8) is 0 Å². The monoisotopic (exact) mass is 444 g/mol. The van der Waals surface area contributed by atoms with Gasteiger partial charge in [0.05, 0.1) is 7.11 Å². The number of amides is 2. The second kappa shape index (κ2) is 10.1. The molecule has 3 rings (SSSR count). The number of phenols is 1. The van der Waals surface area contributed by atoms with E-state index in [0.717, 1.165) is 17.9 Å². The number of aromatic hydroxyl groups is 1. The standard InChI is InChI=1S/C24H29ClN2O4/c1-15(2)22(26-23(29)18-6-9-21(31-3)20(28)14-18)24(30)27-12-10-17(11-13-27)16-4-7-19(25)8-5-16/h4-9,14-15,17,22,28H,10-13H2,1-3H3,(H,26,29)/t22-/m1/s1. The van der Waals surface area contributed by atoms with Gasteiger partial charge in [-0.05, 0) is 60.6 Å². The predicted octanol–water partition coefficient (Wildman–Crippen LogP) is 4.21. The molecule has 0 spiro atoms. The van der Waals surface area contributed by atoms with Crippen LogP contribution in [0.15, 0.2) is 42.5 Å². The number of ether oxygens (including phenoxy) is 1. The van der Waals surface area contributed by atoms with Crippen LogP contribution in [0.4, 0.5) is 0 Å². The first-order valence-electron chi connectivity index (χ1n) is 10.5. The highest BCUT2D eigenvalue weighted by atomic mass is 35.5. The number of rotatable bonds is 6. The summed E-state index contributed by atoms with van der Waals surface area (Å²) in [5.74, 6) is 0.0214. The molecular formula is C24H29ClN2O4. The highest BCUT2D eigenvalue weighted by molar-refractivity contribution is 6.30. The van der Waals surface area contributed by atoms with Crippen LogP contribution in [0.5, 0.6) is 11.5 Å². The van der Waals surface area contributed by atoms with Crippen LogP contribution in [0.25, 0.3) is 0 Å². The smallest absolute Gasteiger partial charge is 0.252 e. The first-order chi connectivity index (χ1) is 14.8. The molecule has 2 aromatic carbocycles. The average molecular weight is 445 g/mol. The van der Waals surface area contributed by atoms with Gasteiger partial charge in [0.1, 0.15) is 6.04 Å². The Labute approximate surface area is 188 Å². The number of phenolic OH excluding ortho intramolecular Hbond substituents is 1. The summed E-state index contributed by atoms with van der Waals surface area (Å²) in [4.78, 5) is 27.7. The zero-order chi connectivity index (χ0) is 22.5. The molecule has 166 valence electrons. The summed E-state index contributed by atoms with van der Waals surface area (Å²) in [6.45, 7) is 5.12. The fourth-order valence-corrected chi connectivity index (χ4v) is 4.06. The molecule has 1 fully saturated rings. The summed E-state index contributed by atoms with van der Waals surface area (Å²) in [6.07, 6.45) is 1.75. The third-order valence-corrected chi connectivity index (χ3v) is 6.06. The molecular weight excluding hydrogens is 416 g/mol. The molecule has 2 aromatic rings. The van der Waals surface area contributed by atoms with Crippen LogP contribution in [-0.2, 0) is 4.79 Å². The summed E-state index contributed by atoms with van der Waals surface area (Å²) >= 11 is 5.98. The summed E-state index contributed by atoms with van der Waals surface area (Å²) in [5.41, 5.74) is 1.52. The molecule has 31 heavy (non-hydrogen) atoms. The van der Waals surface area contributed by atoms with Gasteiger partial charge in [0, 0.05) is 23.7 Å². The Morgan fingerprint density at radius 1 is 1.13 bits per heavy atom. The number of benzene rings is 2. The molecule has 1 atom stereocenters. The van der Waals surface area contributed by atoms with Gasteiger partial charge in [-0.15, -0.1) is 0 Å². The number of methoxy groups -OCH3 is 1. The Morgan fingerprint density at radius 3 is 2.32 bits per heavy atom. The average Bonchev–Trinajstić information content (AvgIpc) is 2.77. The Kier molecular flexibility index (Phi) is 7.44. The van der Waals surface area contributed by atoms with Crippen LogP contribution in [0.1, 0.15) is 48.5 Å². The minimum absolute atomic E-state index is 0.0720. The van der Waals surface area contributed by atoms with Crippen molar-refractivity contribution in [2.75, 3.05) is 20.2 Å². The molecule has 0 radical (unpaired) electrons. The lowest BCUT2D eigenvalue weighted by Crippen LogP contribution is -2.52. The van der Waals surface area contributed by atoms with Crippen molar-refractivity contribution in [2.24, 2.45) is 5.92 Å². The van der Waals surface area contributed by atoms with E-state index in [1.807, 2.05) is 43.0 Å². The number of carbonyl (C=O) groups excluding carboxylic acids is 2. The van der Waals surface area contributed by atoms with Crippen molar-refractivity contribution in [1.29, 1.82) is 0 Å². The molecule has 0 aromatic heterocycles. The number of halogens is 1. The first-order valence-corrected chi connectivity index (χ1v) is 10.9. The maximum Gasteiger partial charge on any atom is 0.252 e. The minimum atomic E-state index is -0.635. The molecule has 0 unspecified atom stereocenters.